The van der Waals surface area contributed by atoms with Gasteiger partial charge in [0.15, 0.2) is 0 Å². The van der Waals surface area contributed by atoms with E-state index in [1.807, 2.05) is 13.8 Å². The second-order valence-corrected chi connectivity index (χ2v) is 2.16. The first kappa shape index (κ1) is 12.7. The molecule has 0 saturated carbocycles. The molecule has 0 saturated heterocycles. The summed E-state index contributed by atoms with van der Waals surface area (Å²) in [7, 11) is -1.54. The third kappa shape index (κ3) is 4.07. The molecule has 0 aromatic heterocycles. The number of benzene rings is 1. The van der Waals surface area contributed by atoms with Gasteiger partial charge in [0.25, 0.3) is 6.47 Å². The van der Waals surface area contributed by atoms with Gasteiger partial charge in [-0.25, -0.2) is 0 Å². The van der Waals surface area contributed by atoms with Crippen LogP contribution < -0.4 is 10.2 Å². The summed E-state index contributed by atoms with van der Waals surface area (Å²) in [4.78, 5) is 9.91. The highest BCUT2D eigenvalue weighted by Crippen LogP contribution is 2.05. The summed E-state index contributed by atoms with van der Waals surface area (Å²) in [6.07, 6.45) is 0. The summed E-state index contributed by atoms with van der Waals surface area (Å²) in [6, 6.07) is 6.00. The van der Waals surface area contributed by atoms with Crippen LogP contribution in [0.4, 0.5) is 0 Å². The van der Waals surface area contributed by atoms with Crippen molar-refractivity contribution in [2.45, 2.75) is 13.8 Å². The summed E-state index contributed by atoms with van der Waals surface area (Å²) in [6.45, 7) is 4.28. The molecule has 0 bridgehead atoms. The lowest BCUT2D eigenvalue weighted by Gasteiger charge is -2.00. The van der Waals surface area contributed by atoms with E-state index < -0.39 is 7.12 Å². The van der Waals surface area contributed by atoms with Crippen LogP contribution in [-0.2, 0) is 4.79 Å². The molecular weight excluding hydrogens is 183 g/mol. The van der Waals surface area contributed by atoms with Crippen molar-refractivity contribution in [1.82, 2.24) is 0 Å². The predicted molar refractivity (Wildman–Crippen MR) is 54.3 cm³/mol. The highest BCUT2D eigenvalue weighted by Gasteiger charge is 2.10. The fraction of sp³-hybridized carbons (Fsp3) is 0.222. The van der Waals surface area contributed by atoms with Gasteiger partial charge in [-0.3, -0.25) is 4.79 Å². The molecule has 4 nitrogen and oxygen atoms in total. The number of carbonyl (C=O) groups is 1. The van der Waals surface area contributed by atoms with E-state index >= 15 is 0 Å². The topological polar surface area (TPSA) is 66.8 Å². The summed E-state index contributed by atoms with van der Waals surface area (Å²) in [5.41, 5.74) is 0.286. The van der Waals surface area contributed by atoms with Gasteiger partial charge in [0.2, 0.25) is 0 Å². The van der Waals surface area contributed by atoms with Crippen LogP contribution in [0.25, 0.3) is 0 Å². The van der Waals surface area contributed by atoms with Gasteiger partial charge in [0.05, 0.1) is 0 Å². The fourth-order valence-corrected chi connectivity index (χ4v) is 0.804. The zero-order valence-electron chi connectivity index (χ0n) is 8.18. The van der Waals surface area contributed by atoms with Gasteiger partial charge >= 0.3 is 7.12 Å². The van der Waals surface area contributed by atoms with Crippen LogP contribution in [0, 0.1) is 0 Å². The van der Waals surface area contributed by atoms with Gasteiger partial charge in [-0.05, 0) is 17.6 Å². The quantitative estimate of drug-likeness (QED) is 0.524. The average molecular weight is 196 g/mol. The van der Waals surface area contributed by atoms with Crippen molar-refractivity contribution in [2.75, 3.05) is 0 Å². The van der Waals surface area contributed by atoms with Crippen LogP contribution in [0.2, 0.25) is 0 Å². The van der Waals surface area contributed by atoms with Gasteiger partial charge in [-0.2, -0.15) is 0 Å². The lowest BCUT2D eigenvalue weighted by Crippen LogP contribution is -2.29. The Morgan fingerprint density at radius 3 is 2.50 bits per heavy atom. The van der Waals surface area contributed by atoms with Crippen molar-refractivity contribution in [3.8, 4) is 5.75 Å². The highest BCUT2D eigenvalue weighted by molar-refractivity contribution is 6.58. The monoisotopic (exact) mass is 196 g/mol. The van der Waals surface area contributed by atoms with Gasteiger partial charge in [-0.15, -0.1) is 0 Å². The third-order valence-electron chi connectivity index (χ3n) is 1.34. The van der Waals surface area contributed by atoms with Crippen molar-refractivity contribution < 1.29 is 19.6 Å². The van der Waals surface area contributed by atoms with E-state index in [2.05, 4.69) is 4.74 Å². The molecule has 5 heteroatoms. The van der Waals surface area contributed by atoms with Crippen molar-refractivity contribution in [3.05, 3.63) is 24.3 Å². The average Bonchev–Trinajstić information content (AvgIpc) is 2.22. The maximum absolute atomic E-state index is 9.91. The minimum atomic E-state index is -1.54. The van der Waals surface area contributed by atoms with E-state index in [1.54, 1.807) is 12.1 Å². The first-order valence-electron chi connectivity index (χ1n) is 4.30. The lowest BCUT2D eigenvalue weighted by atomic mass is 9.80. The Balaban J connectivity index is 0.000000791. The first-order chi connectivity index (χ1) is 6.74. The Labute approximate surface area is 83.3 Å². The van der Waals surface area contributed by atoms with Gasteiger partial charge < -0.3 is 14.8 Å². The van der Waals surface area contributed by atoms with E-state index in [0.717, 1.165) is 0 Å². The van der Waals surface area contributed by atoms with Crippen molar-refractivity contribution in [3.63, 3.8) is 0 Å². The Kier molecular flexibility index (Phi) is 6.44. The van der Waals surface area contributed by atoms with Gasteiger partial charge in [-0.1, -0.05) is 26.0 Å². The SMILES string of the molecule is CC.O=COc1cccc(B(O)O)c1. The Morgan fingerprint density at radius 1 is 1.36 bits per heavy atom. The smallest absolute Gasteiger partial charge is 0.429 e. The molecule has 0 aliphatic carbocycles. The van der Waals surface area contributed by atoms with Crippen LogP contribution >= 0.6 is 0 Å². The van der Waals surface area contributed by atoms with E-state index in [-0.39, 0.29) is 17.7 Å². The summed E-state index contributed by atoms with van der Waals surface area (Å²) in [5.74, 6) is 0.288. The Morgan fingerprint density at radius 2 is 2.00 bits per heavy atom. The van der Waals surface area contributed by atoms with Crippen LogP contribution in [0.1, 0.15) is 13.8 Å². The summed E-state index contributed by atoms with van der Waals surface area (Å²) >= 11 is 0. The Hall–Kier alpha value is -1.33. The highest BCUT2D eigenvalue weighted by atomic mass is 16.5. The van der Waals surface area contributed by atoms with Crippen LogP contribution in [0.5, 0.6) is 5.75 Å². The normalized spacial score (nSPS) is 8.29. The number of rotatable bonds is 3. The van der Waals surface area contributed by atoms with Crippen molar-refractivity contribution in [2.24, 2.45) is 0 Å². The molecule has 76 valence electrons. The summed E-state index contributed by atoms with van der Waals surface area (Å²) < 4.78 is 4.49. The van der Waals surface area contributed by atoms with E-state index in [1.165, 1.54) is 12.1 Å². The zero-order valence-corrected chi connectivity index (χ0v) is 8.18. The van der Waals surface area contributed by atoms with Crippen molar-refractivity contribution in [1.29, 1.82) is 0 Å². The molecule has 0 atom stereocenters. The maximum Gasteiger partial charge on any atom is 0.488 e. The number of carbonyl (C=O) groups excluding carboxylic acids is 1. The molecule has 1 aromatic carbocycles. The maximum atomic E-state index is 9.91. The molecular formula is C9H13BO4. The minimum absolute atomic E-state index is 0.281. The fourth-order valence-electron chi connectivity index (χ4n) is 0.804. The molecule has 0 unspecified atom stereocenters. The number of ether oxygens (including phenoxy) is 1. The second kappa shape index (κ2) is 7.11. The second-order valence-electron chi connectivity index (χ2n) is 2.16. The molecule has 1 rings (SSSR count). The molecule has 2 N–H and O–H groups in total. The minimum Gasteiger partial charge on any atom is -0.429 e. The van der Waals surface area contributed by atoms with Crippen molar-refractivity contribution >= 4 is 19.1 Å². The van der Waals surface area contributed by atoms with E-state index in [0.29, 0.717) is 0 Å². The summed E-state index contributed by atoms with van der Waals surface area (Å²) in [5, 5.41) is 17.5. The molecule has 0 aliphatic rings. The molecule has 0 heterocycles. The van der Waals surface area contributed by atoms with Gasteiger partial charge in [0.1, 0.15) is 5.75 Å². The molecule has 14 heavy (non-hydrogen) atoms. The molecule has 0 radical (unpaired) electrons. The predicted octanol–water partition coefficient (Wildman–Crippen LogP) is -0.0722. The number of hydrogen-bond acceptors (Lipinski definition) is 4. The van der Waals surface area contributed by atoms with E-state index in [9.17, 15) is 4.79 Å². The van der Waals surface area contributed by atoms with Gasteiger partial charge in [0, 0.05) is 0 Å². The molecule has 1 aromatic rings. The van der Waals surface area contributed by atoms with Crippen LogP contribution in [0.3, 0.4) is 0 Å². The van der Waals surface area contributed by atoms with Crippen LogP contribution in [-0.4, -0.2) is 23.6 Å². The molecule has 0 aliphatic heterocycles. The molecule has 0 amide bonds. The third-order valence-corrected chi connectivity index (χ3v) is 1.34. The molecule has 0 spiro atoms. The lowest BCUT2D eigenvalue weighted by molar-refractivity contribution is -0.120. The number of hydrogen-bond donors (Lipinski definition) is 2. The zero-order chi connectivity index (χ0) is 11.0. The first-order valence-corrected chi connectivity index (χ1v) is 4.30. The standard InChI is InChI=1S/C7H7BO4.C2H6/c9-5-12-7-3-1-2-6(4-7)8(10)11;1-2/h1-5,10-11H;1-2H3. The van der Waals surface area contributed by atoms with Crippen LogP contribution in [0.15, 0.2) is 24.3 Å². The Bertz CT molecular complexity index is 275. The largest absolute Gasteiger partial charge is 0.488 e. The van der Waals surface area contributed by atoms with E-state index in [4.69, 9.17) is 10.0 Å². The molecule has 0 fully saturated rings.